The standard InChI is InChI=1S/C24H16Cl2N2O4/c25-17-6-4-5-15(11-17)14-32-21-10-9-18(26)12-16(21)13-20-22(29)27-24(31)28(23(20)30)19-7-2-1-3-8-19/h1-13H,14H2,(H,27,29,31)/b20-13+. The summed E-state index contributed by atoms with van der Waals surface area (Å²) in [5.41, 5.74) is 1.39. The van der Waals surface area contributed by atoms with E-state index in [2.05, 4.69) is 5.32 Å². The second-order valence-electron chi connectivity index (χ2n) is 6.89. The zero-order valence-electron chi connectivity index (χ0n) is 16.5. The van der Waals surface area contributed by atoms with Crippen molar-refractivity contribution < 1.29 is 19.1 Å². The Morgan fingerprint density at radius 1 is 0.875 bits per heavy atom. The number of hydrogen-bond acceptors (Lipinski definition) is 4. The fourth-order valence-corrected chi connectivity index (χ4v) is 3.57. The van der Waals surface area contributed by atoms with E-state index in [4.69, 9.17) is 27.9 Å². The van der Waals surface area contributed by atoms with Gasteiger partial charge in [0.2, 0.25) is 0 Å². The fraction of sp³-hybridized carbons (Fsp3) is 0.0417. The molecule has 4 amide bonds. The Balaban J connectivity index is 1.67. The molecule has 0 spiro atoms. The van der Waals surface area contributed by atoms with E-state index in [9.17, 15) is 14.4 Å². The van der Waals surface area contributed by atoms with Gasteiger partial charge in [-0.1, -0.05) is 53.5 Å². The van der Waals surface area contributed by atoms with Gasteiger partial charge in [-0.2, -0.15) is 0 Å². The van der Waals surface area contributed by atoms with Gasteiger partial charge in [-0.05, 0) is 54.1 Å². The van der Waals surface area contributed by atoms with Gasteiger partial charge in [-0.25, -0.2) is 9.69 Å². The van der Waals surface area contributed by atoms with Crippen LogP contribution in [0.2, 0.25) is 10.0 Å². The van der Waals surface area contributed by atoms with Crippen LogP contribution in [0.15, 0.2) is 78.4 Å². The summed E-state index contributed by atoms with van der Waals surface area (Å²) in [6.45, 7) is 0.215. The number of carbonyl (C=O) groups excluding carboxylic acids is 3. The molecule has 1 heterocycles. The first-order chi connectivity index (χ1) is 15.4. The summed E-state index contributed by atoms with van der Waals surface area (Å²) in [7, 11) is 0. The van der Waals surface area contributed by atoms with Gasteiger partial charge in [0.05, 0.1) is 5.69 Å². The molecular formula is C24H16Cl2N2O4. The van der Waals surface area contributed by atoms with Gasteiger partial charge in [-0.15, -0.1) is 0 Å². The van der Waals surface area contributed by atoms with Crippen molar-refractivity contribution in [3.8, 4) is 5.75 Å². The smallest absolute Gasteiger partial charge is 0.335 e. The zero-order chi connectivity index (χ0) is 22.7. The normalized spacial score (nSPS) is 15.1. The highest BCUT2D eigenvalue weighted by atomic mass is 35.5. The summed E-state index contributed by atoms with van der Waals surface area (Å²) in [5.74, 6) is -1.13. The summed E-state index contributed by atoms with van der Waals surface area (Å²) >= 11 is 12.2. The molecule has 1 aliphatic rings. The summed E-state index contributed by atoms with van der Waals surface area (Å²) < 4.78 is 5.89. The fourth-order valence-electron chi connectivity index (χ4n) is 3.18. The second kappa shape index (κ2) is 9.26. The van der Waals surface area contributed by atoms with Crippen LogP contribution in [0.5, 0.6) is 5.75 Å². The monoisotopic (exact) mass is 466 g/mol. The molecule has 0 aliphatic carbocycles. The minimum Gasteiger partial charge on any atom is -0.488 e. The molecule has 1 aliphatic heterocycles. The maximum atomic E-state index is 13.1. The molecule has 1 saturated heterocycles. The lowest BCUT2D eigenvalue weighted by molar-refractivity contribution is -0.122. The van der Waals surface area contributed by atoms with E-state index in [1.807, 2.05) is 12.1 Å². The number of benzene rings is 3. The summed E-state index contributed by atoms with van der Waals surface area (Å²) in [6.07, 6.45) is 1.36. The largest absolute Gasteiger partial charge is 0.488 e. The van der Waals surface area contributed by atoms with E-state index >= 15 is 0 Å². The van der Waals surface area contributed by atoms with Crippen LogP contribution in [0.4, 0.5) is 10.5 Å². The maximum Gasteiger partial charge on any atom is 0.335 e. The molecule has 1 N–H and O–H groups in total. The van der Waals surface area contributed by atoms with Crippen molar-refractivity contribution >= 4 is 52.8 Å². The minimum atomic E-state index is -0.813. The van der Waals surface area contributed by atoms with Crippen LogP contribution in [0.3, 0.4) is 0 Å². The topological polar surface area (TPSA) is 75.7 Å². The van der Waals surface area contributed by atoms with E-state index in [0.29, 0.717) is 27.0 Å². The van der Waals surface area contributed by atoms with Crippen molar-refractivity contribution in [3.63, 3.8) is 0 Å². The molecule has 32 heavy (non-hydrogen) atoms. The molecule has 0 radical (unpaired) electrons. The Morgan fingerprint density at radius 3 is 2.38 bits per heavy atom. The minimum absolute atomic E-state index is 0.215. The van der Waals surface area contributed by atoms with Crippen LogP contribution in [0, 0.1) is 0 Å². The molecule has 0 atom stereocenters. The first-order valence-corrected chi connectivity index (χ1v) is 10.3. The molecule has 160 valence electrons. The number of nitrogens with zero attached hydrogens (tertiary/aromatic N) is 1. The van der Waals surface area contributed by atoms with E-state index in [-0.39, 0.29) is 12.2 Å². The van der Waals surface area contributed by atoms with Gasteiger partial charge >= 0.3 is 6.03 Å². The lowest BCUT2D eigenvalue weighted by Crippen LogP contribution is -2.54. The molecule has 0 saturated carbocycles. The predicted molar refractivity (Wildman–Crippen MR) is 123 cm³/mol. The average molecular weight is 467 g/mol. The number of anilines is 1. The first-order valence-electron chi connectivity index (χ1n) is 9.55. The highest BCUT2D eigenvalue weighted by molar-refractivity contribution is 6.39. The Kier molecular flexibility index (Phi) is 6.25. The lowest BCUT2D eigenvalue weighted by atomic mass is 10.1. The van der Waals surface area contributed by atoms with Gasteiger partial charge in [0, 0.05) is 15.6 Å². The lowest BCUT2D eigenvalue weighted by Gasteiger charge is -2.26. The van der Waals surface area contributed by atoms with Crippen molar-refractivity contribution in [1.82, 2.24) is 5.32 Å². The quantitative estimate of drug-likeness (QED) is 0.412. The molecule has 4 rings (SSSR count). The maximum absolute atomic E-state index is 13.1. The third-order valence-corrected chi connectivity index (χ3v) is 5.14. The predicted octanol–water partition coefficient (Wildman–Crippen LogP) is 5.24. The van der Waals surface area contributed by atoms with Crippen LogP contribution in [-0.4, -0.2) is 17.8 Å². The van der Waals surface area contributed by atoms with Gasteiger partial charge < -0.3 is 4.74 Å². The molecule has 3 aromatic carbocycles. The van der Waals surface area contributed by atoms with E-state index in [0.717, 1.165) is 10.5 Å². The Morgan fingerprint density at radius 2 is 1.62 bits per heavy atom. The first kappa shape index (κ1) is 21.6. The zero-order valence-corrected chi connectivity index (χ0v) is 18.1. The number of imide groups is 2. The third kappa shape index (κ3) is 4.66. The van der Waals surface area contributed by atoms with Gasteiger partial charge in [0.25, 0.3) is 11.8 Å². The highest BCUT2D eigenvalue weighted by Crippen LogP contribution is 2.28. The molecule has 6 nitrogen and oxygen atoms in total. The number of hydrogen-bond donors (Lipinski definition) is 1. The number of amides is 4. The van der Waals surface area contributed by atoms with Crippen molar-refractivity contribution in [2.24, 2.45) is 0 Å². The van der Waals surface area contributed by atoms with Crippen molar-refractivity contribution in [2.75, 3.05) is 4.90 Å². The van der Waals surface area contributed by atoms with E-state index in [1.165, 1.54) is 6.08 Å². The summed E-state index contributed by atoms with van der Waals surface area (Å²) in [5, 5.41) is 3.18. The van der Waals surface area contributed by atoms with Gasteiger partial charge in [0.15, 0.2) is 0 Å². The van der Waals surface area contributed by atoms with Crippen molar-refractivity contribution in [1.29, 1.82) is 0 Å². The number of rotatable bonds is 5. The number of barbiturate groups is 1. The molecule has 0 bridgehead atoms. The number of nitrogens with one attached hydrogen (secondary N) is 1. The number of ether oxygens (including phenoxy) is 1. The van der Waals surface area contributed by atoms with Crippen LogP contribution >= 0.6 is 23.2 Å². The SMILES string of the molecule is O=C1NC(=O)N(c2ccccc2)C(=O)/C1=C/c1cc(Cl)ccc1OCc1cccc(Cl)c1. The third-order valence-electron chi connectivity index (χ3n) is 4.67. The van der Waals surface area contributed by atoms with Crippen molar-refractivity contribution in [2.45, 2.75) is 6.61 Å². The average Bonchev–Trinajstić information content (AvgIpc) is 2.77. The van der Waals surface area contributed by atoms with Gasteiger partial charge in [0.1, 0.15) is 17.9 Å². The van der Waals surface area contributed by atoms with Crippen LogP contribution < -0.4 is 15.0 Å². The molecular weight excluding hydrogens is 451 g/mol. The second-order valence-corrected chi connectivity index (χ2v) is 7.77. The number of urea groups is 1. The molecule has 0 unspecified atom stereocenters. The van der Waals surface area contributed by atoms with Crippen LogP contribution in [0.1, 0.15) is 11.1 Å². The Bertz CT molecular complexity index is 1240. The van der Waals surface area contributed by atoms with E-state index in [1.54, 1.807) is 60.7 Å². The van der Waals surface area contributed by atoms with Crippen LogP contribution in [-0.2, 0) is 16.2 Å². The highest BCUT2D eigenvalue weighted by Gasteiger charge is 2.36. The van der Waals surface area contributed by atoms with Crippen molar-refractivity contribution in [3.05, 3.63) is 99.5 Å². The molecule has 0 aromatic heterocycles. The number of halogens is 2. The molecule has 3 aromatic rings. The molecule has 1 fully saturated rings. The van der Waals surface area contributed by atoms with Crippen LogP contribution in [0.25, 0.3) is 6.08 Å². The Labute approximate surface area is 194 Å². The molecule has 8 heteroatoms. The number of carbonyl (C=O) groups is 3. The summed E-state index contributed by atoms with van der Waals surface area (Å²) in [6, 6.07) is 19.6. The summed E-state index contributed by atoms with van der Waals surface area (Å²) in [4.78, 5) is 38.7. The number of para-hydroxylation sites is 1. The van der Waals surface area contributed by atoms with E-state index < -0.39 is 17.8 Å². The van der Waals surface area contributed by atoms with Gasteiger partial charge in [-0.3, -0.25) is 14.9 Å². The Hall–Kier alpha value is -3.61.